The first-order chi connectivity index (χ1) is 6.75. The van der Waals surface area contributed by atoms with Crippen molar-refractivity contribution in [2.75, 3.05) is 6.54 Å². The lowest BCUT2D eigenvalue weighted by Crippen LogP contribution is -2.25. The quantitative estimate of drug-likeness (QED) is 0.692. The maximum absolute atomic E-state index is 11.3. The van der Waals surface area contributed by atoms with Crippen LogP contribution in [0.5, 0.6) is 0 Å². The minimum atomic E-state index is -0.529. The van der Waals surface area contributed by atoms with Crippen molar-refractivity contribution in [3.8, 4) is 0 Å². The van der Waals surface area contributed by atoms with Gasteiger partial charge in [-0.15, -0.1) is 0 Å². The molecule has 1 aromatic heterocycles. The number of carbonyl (C=O) groups excluding carboxylic acids is 1. The van der Waals surface area contributed by atoms with Gasteiger partial charge in [0.1, 0.15) is 0 Å². The third-order valence-corrected chi connectivity index (χ3v) is 2.16. The molecule has 1 atom stereocenters. The van der Waals surface area contributed by atoms with E-state index in [9.17, 15) is 9.90 Å². The highest BCUT2D eigenvalue weighted by atomic mass is 16.3. The molecule has 0 aliphatic carbocycles. The first-order valence-corrected chi connectivity index (χ1v) is 4.46. The van der Waals surface area contributed by atoms with Gasteiger partial charge in [0.2, 0.25) is 5.91 Å². The molecule has 2 rings (SSSR count). The lowest BCUT2D eigenvalue weighted by atomic mass is 10.3. The second-order valence-electron chi connectivity index (χ2n) is 3.33. The Morgan fingerprint density at radius 1 is 1.57 bits per heavy atom. The number of nitrogens with zero attached hydrogens (tertiary/aromatic N) is 3. The topological polar surface area (TPSA) is 66.3 Å². The summed E-state index contributed by atoms with van der Waals surface area (Å²) in [7, 11) is 0. The average Bonchev–Trinajstić information content (AvgIpc) is 2.47. The number of aliphatic hydroxyl groups excluding tert-OH is 1. The summed E-state index contributed by atoms with van der Waals surface area (Å²) in [4.78, 5) is 20.9. The minimum absolute atomic E-state index is 0.0249. The molecular formula is C9H11N3O2. The molecule has 0 spiro atoms. The molecule has 0 aromatic carbocycles. The summed E-state index contributed by atoms with van der Waals surface area (Å²) in [6.45, 7) is 0.832. The van der Waals surface area contributed by atoms with Crippen molar-refractivity contribution in [3.05, 3.63) is 24.3 Å². The summed E-state index contributed by atoms with van der Waals surface area (Å²) in [5, 5.41) is 9.25. The van der Waals surface area contributed by atoms with Crippen LogP contribution in [0.3, 0.4) is 0 Å². The fraction of sp³-hybridized carbons (Fsp3) is 0.444. The molecule has 1 aliphatic rings. The molecule has 74 valence electrons. The number of hydrogen-bond acceptors (Lipinski definition) is 4. The molecule has 1 aliphatic heterocycles. The molecule has 1 N–H and O–H groups in total. The molecule has 1 fully saturated rings. The van der Waals surface area contributed by atoms with Crippen molar-refractivity contribution in [3.63, 3.8) is 0 Å². The number of hydrogen-bond donors (Lipinski definition) is 1. The predicted octanol–water partition coefficient (Wildman–Crippen LogP) is -0.430. The molecule has 0 radical (unpaired) electrons. The van der Waals surface area contributed by atoms with Gasteiger partial charge < -0.3 is 10.0 Å². The number of rotatable bonds is 2. The van der Waals surface area contributed by atoms with Crippen LogP contribution < -0.4 is 0 Å². The van der Waals surface area contributed by atoms with E-state index in [1.165, 1.54) is 0 Å². The Morgan fingerprint density at radius 3 is 3.00 bits per heavy atom. The average molecular weight is 193 g/mol. The minimum Gasteiger partial charge on any atom is -0.391 e. The van der Waals surface area contributed by atoms with Crippen molar-refractivity contribution in [1.82, 2.24) is 14.9 Å². The normalized spacial score (nSPS) is 21.6. The van der Waals surface area contributed by atoms with E-state index in [0.717, 1.165) is 5.69 Å². The fourth-order valence-corrected chi connectivity index (χ4v) is 1.51. The van der Waals surface area contributed by atoms with Gasteiger partial charge in [-0.05, 0) is 0 Å². The van der Waals surface area contributed by atoms with E-state index in [1.807, 2.05) is 0 Å². The Kier molecular flexibility index (Phi) is 2.41. The van der Waals surface area contributed by atoms with Crippen LogP contribution in [0.2, 0.25) is 0 Å². The SMILES string of the molecule is O=C1CC(O)CN1Cc1cnccn1. The monoisotopic (exact) mass is 193 g/mol. The maximum atomic E-state index is 11.3. The highest BCUT2D eigenvalue weighted by Gasteiger charge is 2.27. The number of aromatic nitrogens is 2. The number of β-amino-alcohol motifs (C(OH)–C–C–N with tert-alkyl or cyclic N) is 1. The van der Waals surface area contributed by atoms with Gasteiger partial charge >= 0.3 is 0 Å². The van der Waals surface area contributed by atoms with Crippen LogP contribution in [0.4, 0.5) is 0 Å². The summed E-state index contributed by atoms with van der Waals surface area (Å²) < 4.78 is 0. The van der Waals surface area contributed by atoms with Gasteiger partial charge in [0.25, 0.3) is 0 Å². The zero-order valence-electron chi connectivity index (χ0n) is 7.63. The third-order valence-electron chi connectivity index (χ3n) is 2.16. The van der Waals surface area contributed by atoms with E-state index in [1.54, 1.807) is 23.5 Å². The van der Waals surface area contributed by atoms with Crippen molar-refractivity contribution in [2.24, 2.45) is 0 Å². The van der Waals surface area contributed by atoms with Gasteiger partial charge in [0.15, 0.2) is 0 Å². The first kappa shape index (κ1) is 9.08. The van der Waals surface area contributed by atoms with E-state index in [-0.39, 0.29) is 12.3 Å². The Labute approximate surface area is 81.4 Å². The van der Waals surface area contributed by atoms with Crippen molar-refractivity contribution < 1.29 is 9.90 Å². The lowest BCUT2D eigenvalue weighted by molar-refractivity contribution is -0.128. The van der Waals surface area contributed by atoms with Gasteiger partial charge in [-0.25, -0.2) is 0 Å². The van der Waals surface area contributed by atoms with Crippen LogP contribution in [0.1, 0.15) is 12.1 Å². The summed E-state index contributed by atoms with van der Waals surface area (Å²) >= 11 is 0. The van der Waals surface area contributed by atoms with Crippen molar-refractivity contribution >= 4 is 5.91 Å². The van der Waals surface area contributed by atoms with Gasteiger partial charge in [0.05, 0.1) is 31.0 Å². The van der Waals surface area contributed by atoms with Crippen molar-refractivity contribution in [2.45, 2.75) is 19.1 Å². The first-order valence-electron chi connectivity index (χ1n) is 4.46. The Balaban J connectivity index is 2.02. The number of likely N-dealkylation sites (tertiary alicyclic amines) is 1. The van der Waals surface area contributed by atoms with Crippen LogP contribution in [-0.2, 0) is 11.3 Å². The predicted molar refractivity (Wildman–Crippen MR) is 48.1 cm³/mol. The Hall–Kier alpha value is -1.49. The molecule has 1 unspecified atom stereocenters. The second kappa shape index (κ2) is 3.71. The van der Waals surface area contributed by atoms with Crippen molar-refractivity contribution in [1.29, 1.82) is 0 Å². The molecule has 5 heteroatoms. The molecule has 0 saturated carbocycles. The standard InChI is InChI=1S/C9H11N3O2/c13-8-3-9(14)12(6-8)5-7-4-10-1-2-11-7/h1-2,4,8,13H,3,5-6H2. The van der Waals surface area contributed by atoms with Crippen LogP contribution in [-0.4, -0.2) is 38.5 Å². The fourth-order valence-electron chi connectivity index (χ4n) is 1.51. The van der Waals surface area contributed by atoms with E-state index >= 15 is 0 Å². The second-order valence-corrected chi connectivity index (χ2v) is 3.33. The highest BCUT2D eigenvalue weighted by molar-refractivity contribution is 5.78. The number of amides is 1. The summed E-state index contributed by atoms with van der Waals surface area (Å²) in [5.74, 6) is -0.0249. The third kappa shape index (κ3) is 1.88. The Morgan fingerprint density at radius 2 is 2.43 bits per heavy atom. The molecule has 1 aromatic rings. The van der Waals surface area contributed by atoms with Gasteiger partial charge in [0, 0.05) is 18.9 Å². The summed E-state index contributed by atoms with van der Waals surface area (Å²) in [5.41, 5.74) is 0.745. The zero-order chi connectivity index (χ0) is 9.97. The molecule has 2 heterocycles. The van der Waals surface area contributed by atoms with E-state index in [4.69, 9.17) is 0 Å². The van der Waals surface area contributed by atoms with Gasteiger partial charge in [-0.2, -0.15) is 0 Å². The van der Waals surface area contributed by atoms with E-state index < -0.39 is 6.10 Å². The molecular weight excluding hydrogens is 182 g/mol. The van der Waals surface area contributed by atoms with Crippen LogP contribution in [0.15, 0.2) is 18.6 Å². The highest BCUT2D eigenvalue weighted by Crippen LogP contribution is 2.12. The summed E-state index contributed by atoms with van der Waals surface area (Å²) in [6.07, 6.45) is 4.49. The largest absolute Gasteiger partial charge is 0.391 e. The van der Waals surface area contributed by atoms with Crippen LogP contribution in [0.25, 0.3) is 0 Å². The molecule has 1 saturated heterocycles. The molecule has 14 heavy (non-hydrogen) atoms. The molecule has 1 amide bonds. The van der Waals surface area contributed by atoms with Crippen LogP contribution in [0, 0.1) is 0 Å². The molecule has 0 bridgehead atoms. The number of aliphatic hydroxyl groups is 1. The van der Waals surface area contributed by atoms with E-state index in [2.05, 4.69) is 9.97 Å². The van der Waals surface area contributed by atoms with Gasteiger partial charge in [-0.3, -0.25) is 14.8 Å². The molecule has 5 nitrogen and oxygen atoms in total. The smallest absolute Gasteiger partial charge is 0.225 e. The zero-order valence-corrected chi connectivity index (χ0v) is 7.63. The maximum Gasteiger partial charge on any atom is 0.225 e. The summed E-state index contributed by atoms with van der Waals surface area (Å²) in [6, 6.07) is 0. The van der Waals surface area contributed by atoms with E-state index in [0.29, 0.717) is 13.1 Å². The van der Waals surface area contributed by atoms with Crippen LogP contribution >= 0.6 is 0 Å². The lowest BCUT2D eigenvalue weighted by Gasteiger charge is -2.14. The Bertz CT molecular complexity index is 328. The number of carbonyl (C=O) groups is 1. The van der Waals surface area contributed by atoms with Gasteiger partial charge in [-0.1, -0.05) is 0 Å².